The number of hydrogen-bond donors (Lipinski definition) is 1. The van der Waals surface area contributed by atoms with Crippen molar-refractivity contribution in [3.63, 3.8) is 0 Å². The molecule has 0 aromatic heterocycles. The van der Waals surface area contributed by atoms with Crippen molar-refractivity contribution in [3.8, 4) is 0 Å². The Hall–Kier alpha value is -1.47. The average molecular weight is 258 g/mol. The van der Waals surface area contributed by atoms with Crippen molar-refractivity contribution in [2.75, 3.05) is 40.0 Å². The average Bonchev–Trinajstić information content (AvgIpc) is 2.39. The largest absolute Gasteiger partial charge is 0.481 e. The van der Waals surface area contributed by atoms with E-state index in [0.717, 1.165) is 19.3 Å². The van der Waals surface area contributed by atoms with Gasteiger partial charge in [-0.15, -0.1) is 0 Å². The molecule has 7 heteroatoms. The van der Waals surface area contributed by atoms with Crippen molar-refractivity contribution >= 4 is 18.3 Å². The molecule has 0 aromatic carbocycles. The summed E-state index contributed by atoms with van der Waals surface area (Å²) in [5.74, 6) is -1.76. The van der Waals surface area contributed by atoms with Crippen LogP contribution in [0.1, 0.15) is 6.42 Å². The molecule has 102 valence electrons. The summed E-state index contributed by atoms with van der Waals surface area (Å²) in [5, 5.41) is 9.00. The van der Waals surface area contributed by atoms with E-state index in [2.05, 4.69) is 14.6 Å². The second kappa shape index (κ2) is 7.78. The maximum atomic E-state index is 11.0. The molecule has 1 aliphatic rings. The molecule has 0 spiro atoms. The number of carboxylic acid groups (broad SMARTS) is 1. The van der Waals surface area contributed by atoms with Crippen LogP contribution < -0.4 is 0 Å². The lowest BCUT2D eigenvalue weighted by atomic mass is 10.1. The molecular weight excluding hydrogens is 240 g/mol. The molecule has 0 saturated carbocycles. The molecule has 1 fully saturated rings. The molecule has 0 bridgehead atoms. The van der Waals surface area contributed by atoms with Crippen LogP contribution in [0.2, 0.25) is 0 Å². The zero-order valence-corrected chi connectivity index (χ0v) is 10.4. The van der Waals surface area contributed by atoms with Gasteiger partial charge >= 0.3 is 12.1 Å². The van der Waals surface area contributed by atoms with Gasteiger partial charge in [-0.3, -0.25) is 9.69 Å². The summed E-state index contributed by atoms with van der Waals surface area (Å²) in [6.45, 7) is 3.61. The van der Waals surface area contributed by atoms with Crippen LogP contribution >= 0.6 is 0 Å². The van der Waals surface area contributed by atoms with E-state index < -0.39 is 18.0 Å². The Balaban J connectivity index is 2.39. The summed E-state index contributed by atoms with van der Waals surface area (Å²) in [6.07, 6.45) is 0.761. The van der Waals surface area contributed by atoms with E-state index in [9.17, 15) is 9.59 Å². The van der Waals surface area contributed by atoms with Crippen molar-refractivity contribution < 1.29 is 24.2 Å². The Morgan fingerprint density at radius 2 is 2.17 bits per heavy atom. The Morgan fingerprint density at radius 3 is 2.72 bits per heavy atom. The van der Waals surface area contributed by atoms with Gasteiger partial charge in [0, 0.05) is 19.3 Å². The summed E-state index contributed by atoms with van der Waals surface area (Å²) in [6, 6.07) is 0. The Morgan fingerprint density at radius 1 is 1.50 bits per heavy atom. The van der Waals surface area contributed by atoms with Gasteiger partial charge in [-0.05, 0) is 13.0 Å². The first-order valence-corrected chi connectivity index (χ1v) is 5.78. The number of amides is 1. The maximum Gasteiger partial charge on any atom is 0.432 e. The first kappa shape index (κ1) is 14.6. The van der Waals surface area contributed by atoms with E-state index in [1.807, 2.05) is 0 Å². The lowest BCUT2D eigenvalue weighted by Crippen LogP contribution is -2.38. The Labute approximate surface area is 105 Å². The number of rotatable bonds is 5. The SMILES string of the molecule is COC(=O)N=CC(CCN1CCOCC1)C(=O)O. The van der Waals surface area contributed by atoms with Crippen molar-refractivity contribution in [1.82, 2.24) is 4.90 Å². The number of morpholine rings is 1. The number of methoxy groups -OCH3 is 1. The van der Waals surface area contributed by atoms with E-state index in [1.165, 1.54) is 7.11 Å². The van der Waals surface area contributed by atoms with Crippen molar-refractivity contribution in [3.05, 3.63) is 0 Å². The Kier molecular flexibility index (Phi) is 6.31. The molecular formula is C11H18N2O5. The molecule has 1 saturated heterocycles. The molecule has 1 aliphatic heterocycles. The van der Waals surface area contributed by atoms with Gasteiger partial charge in [-0.1, -0.05) is 0 Å². The number of ether oxygens (including phenoxy) is 2. The molecule has 1 atom stereocenters. The van der Waals surface area contributed by atoms with Gasteiger partial charge in [-0.25, -0.2) is 4.79 Å². The standard InChI is InChI=1S/C11H18N2O5/c1-17-11(16)12-8-9(10(14)15)2-3-13-4-6-18-7-5-13/h8-9H,2-7H2,1H3,(H,14,15). The minimum atomic E-state index is -0.990. The molecule has 0 aliphatic carbocycles. The number of carbonyl (C=O) groups is 2. The van der Waals surface area contributed by atoms with Gasteiger partial charge < -0.3 is 14.6 Å². The van der Waals surface area contributed by atoms with Gasteiger partial charge in [0.2, 0.25) is 0 Å². The third-order valence-corrected chi connectivity index (χ3v) is 2.71. The molecule has 18 heavy (non-hydrogen) atoms. The van der Waals surface area contributed by atoms with Crippen LogP contribution in [0.4, 0.5) is 4.79 Å². The normalized spacial score (nSPS) is 18.7. The van der Waals surface area contributed by atoms with Crippen LogP contribution in [0.15, 0.2) is 4.99 Å². The predicted octanol–water partition coefficient (Wildman–Crippen LogP) is 0.247. The monoisotopic (exact) mass is 258 g/mol. The molecule has 1 unspecified atom stereocenters. The van der Waals surface area contributed by atoms with E-state index in [-0.39, 0.29) is 0 Å². The minimum absolute atomic E-state index is 0.413. The summed E-state index contributed by atoms with van der Waals surface area (Å²) in [7, 11) is 1.20. The van der Waals surface area contributed by atoms with Crippen LogP contribution in [-0.4, -0.2) is 68.2 Å². The second-order valence-corrected chi connectivity index (χ2v) is 3.94. The highest BCUT2D eigenvalue weighted by Crippen LogP contribution is 2.05. The third kappa shape index (κ3) is 5.24. The number of carboxylic acids is 1. The third-order valence-electron chi connectivity index (χ3n) is 2.71. The number of hydrogen-bond acceptors (Lipinski definition) is 5. The highest BCUT2D eigenvalue weighted by molar-refractivity contribution is 5.92. The van der Waals surface area contributed by atoms with Crippen molar-refractivity contribution in [2.24, 2.45) is 10.9 Å². The fourth-order valence-corrected chi connectivity index (χ4v) is 1.61. The van der Waals surface area contributed by atoms with Crippen LogP contribution in [0.3, 0.4) is 0 Å². The Bertz CT molecular complexity index is 313. The zero-order chi connectivity index (χ0) is 13.4. The van der Waals surface area contributed by atoms with Crippen LogP contribution in [-0.2, 0) is 14.3 Å². The van der Waals surface area contributed by atoms with Crippen molar-refractivity contribution in [2.45, 2.75) is 6.42 Å². The van der Waals surface area contributed by atoms with Gasteiger partial charge in [0.15, 0.2) is 0 Å². The van der Waals surface area contributed by atoms with Crippen molar-refractivity contribution in [1.29, 1.82) is 0 Å². The molecule has 7 nitrogen and oxygen atoms in total. The fourth-order valence-electron chi connectivity index (χ4n) is 1.61. The molecule has 1 N–H and O–H groups in total. The van der Waals surface area contributed by atoms with E-state index in [1.54, 1.807) is 0 Å². The summed E-state index contributed by atoms with van der Waals surface area (Å²) < 4.78 is 9.52. The minimum Gasteiger partial charge on any atom is -0.481 e. The lowest BCUT2D eigenvalue weighted by molar-refractivity contribution is -0.139. The quantitative estimate of drug-likeness (QED) is 0.711. The smallest absolute Gasteiger partial charge is 0.432 e. The number of carbonyl (C=O) groups excluding carboxylic acids is 1. The number of nitrogens with zero attached hydrogens (tertiary/aromatic N) is 2. The van der Waals surface area contributed by atoms with Gasteiger partial charge in [0.1, 0.15) is 0 Å². The molecule has 1 heterocycles. The van der Waals surface area contributed by atoms with Gasteiger partial charge in [-0.2, -0.15) is 4.99 Å². The topological polar surface area (TPSA) is 88.4 Å². The summed E-state index contributed by atoms with van der Waals surface area (Å²) in [4.78, 5) is 27.3. The molecule has 0 radical (unpaired) electrons. The highest BCUT2D eigenvalue weighted by Gasteiger charge is 2.18. The first-order chi connectivity index (χ1) is 8.63. The van der Waals surface area contributed by atoms with E-state index in [0.29, 0.717) is 26.2 Å². The summed E-state index contributed by atoms with van der Waals surface area (Å²) in [5.41, 5.74) is 0. The maximum absolute atomic E-state index is 11.0. The van der Waals surface area contributed by atoms with Crippen LogP contribution in [0.5, 0.6) is 0 Å². The predicted molar refractivity (Wildman–Crippen MR) is 63.9 cm³/mol. The number of aliphatic imine (C=N–C) groups is 1. The zero-order valence-electron chi connectivity index (χ0n) is 10.4. The molecule has 1 rings (SSSR count). The van der Waals surface area contributed by atoms with Crippen LogP contribution in [0, 0.1) is 5.92 Å². The highest BCUT2D eigenvalue weighted by atomic mass is 16.5. The van der Waals surface area contributed by atoms with Crippen LogP contribution in [0.25, 0.3) is 0 Å². The lowest BCUT2D eigenvalue weighted by Gasteiger charge is -2.26. The first-order valence-electron chi connectivity index (χ1n) is 5.78. The molecule has 0 aromatic rings. The van der Waals surface area contributed by atoms with Gasteiger partial charge in [0.25, 0.3) is 0 Å². The second-order valence-electron chi connectivity index (χ2n) is 3.94. The van der Waals surface area contributed by atoms with E-state index in [4.69, 9.17) is 9.84 Å². The van der Waals surface area contributed by atoms with E-state index >= 15 is 0 Å². The fraction of sp³-hybridized carbons (Fsp3) is 0.727. The summed E-state index contributed by atoms with van der Waals surface area (Å²) >= 11 is 0. The van der Waals surface area contributed by atoms with Gasteiger partial charge in [0.05, 0.1) is 26.2 Å². The molecule has 1 amide bonds. The number of aliphatic carboxylic acids is 1.